The first kappa shape index (κ1) is 28.5. The van der Waals surface area contributed by atoms with Crippen molar-refractivity contribution in [3.63, 3.8) is 0 Å². The number of nitrogens with one attached hydrogen (secondary N) is 2. The Morgan fingerprint density at radius 3 is 2.68 bits per heavy atom. The highest BCUT2D eigenvalue weighted by Crippen LogP contribution is 2.23. The zero-order valence-electron chi connectivity index (χ0n) is 20.3. The summed E-state index contributed by atoms with van der Waals surface area (Å²) in [6, 6.07) is 5.24. The average Bonchev–Trinajstić information content (AvgIpc) is 3.52. The number of carbonyl (C=O) groups excluding carboxylic acids is 3. The standard InChI is InChI=1S/C24H27Cl2N5O5S2/c25-20-13-16(7-9-27-20)23(33)28-14-17-3-1-11-31(17)22(32)15-30-10-2-4-19(24(30)34)29-38(35,36)12-8-18-5-6-21(26)37-18/h5-9,12-13,17,19,29H,1-4,10-11,14-15H2,(H,28,33)/b12-8+. The zero-order valence-corrected chi connectivity index (χ0v) is 23.5. The second kappa shape index (κ2) is 12.6. The van der Waals surface area contributed by atoms with E-state index in [0.717, 1.165) is 18.2 Å². The fraction of sp³-hybridized carbons (Fsp3) is 0.417. The second-order valence-corrected chi connectivity index (χ2v) is 12.8. The summed E-state index contributed by atoms with van der Waals surface area (Å²) in [5.41, 5.74) is 0.377. The number of carbonyl (C=O) groups is 3. The first-order valence-corrected chi connectivity index (χ1v) is 15.2. The lowest BCUT2D eigenvalue weighted by Gasteiger charge is -2.34. The fourth-order valence-electron chi connectivity index (χ4n) is 4.51. The number of piperidine rings is 1. The van der Waals surface area contributed by atoms with Crippen LogP contribution in [-0.4, -0.2) is 79.2 Å². The van der Waals surface area contributed by atoms with Crippen LogP contribution in [0.4, 0.5) is 0 Å². The van der Waals surface area contributed by atoms with Crippen LogP contribution in [0.25, 0.3) is 6.08 Å². The van der Waals surface area contributed by atoms with Gasteiger partial charge in [0, 0.05) is 47.7 Å². The summed E-state index contributed by atoms with van der Waals surface area (Å²) in [6.45, 7) is 1.01. The maximum atomic E-state index is 13.1. The monoisotopic (exact) mass is 599 g/mol. The zero-order chi connectivity index (χ0) is 27.3. The molecule has 10 nitrogen and oxygen atoms in total. The molecule has 3 amide bonds. The predicted octanol–water partition coefficient (Wildman–Crippen LogP) is 2.75. The minimum Gasteiger partial charge on any atom is -0.350 e. The quantitative estimate of drug-likeness (QED) is 0.426. The summed E-state index contributed by atoms with van der Waals surface area (Å²) in [6.07, 6.45) is 5.28. The van der Waals surface area contributed by atoms with Gasteiger partial charge in [0.25, 0.3) is 5.91 Å². The van der Waals surface area contributed by atoms with E-state index in [1.54, 1.807) is 23.1 Å². The normalized spacial score (nSPS) is 20.3. The highest BCUT2D eigenvalue weighted by atomic mass is 35.5. The van der Waals surface area contributed by atoms with Gasteiger partial charge in [0.15, 0.2) is 0 Å². The van der Waals surface area contributed by atoms with Gasteiger partial charge in [-0.3, -0.25) is 14.4 Å². The van der Waals surface area contributed by atoms with Crippen LogP contribution >= 0.6 is 34.5 Å². The van der Waals surface area contributed by atoms with Crippen molar-refractivity contribution >= 4 is 68.4 Å². The van der Waals surface area contributed by atoms with Crippen molar-refractivity contribution < 1.29 is 22.8 Å². The molecule has 0 spiro atoms. The molecule has 2 atom stereocenters. The van der Waals surface area contributed by atoms with E-state index in [4.69, 9.17) is 23.2 Å². The summed E-state index contributed by atoms with van der Waals surface area (Å²) in [7, 11) is -3.88. The number of amides is 3. The number of hydrogen-bond acceptors (Lipinski definition) is 7. The second-order valence-electron chi connectivity index (χ2n) is 9.02. The number of sulfonamides is 1. The van der Waals surface area contributed by atoms with Gasteiger partial charge in [-0.2, -0.15) is 4.72 Å². The topological polar surface area (TPSA) is 129 Å². The van der Waals surface area contributed by atoms with Gasteiger partial charge >= 0.3 is 0 Å². The summed E-state index contributed by atoms with van der Waals surface area (Å²) < 4.78 is 28.0. The summed E-state index contributed by atoms with van der Waals surface area (Å²) in [4.78, 5) is 46.2. The van der Waals surface area contributed by atoms with E-state index in [0.29, 0.717) is 40.7 Å². The van der Waals surface area contributed by atoms with Crippen molar-refractivity contribution in [3.8, 4) is 0 Å². The van der Waals surface area contributed by atoms with E-state index in [1.165, 1.54) is 34.6 Å². The molecule has 0 saturated carbocycles. The number of likely N-dealkylation sites (tertiary alicyclic amines) is 2. The van der Waals surface area contributed by atoms with Gasteiger partial charge in [-0.25, -0.2) is 13.4 Å². The van der Waals surface area contributed by atoms with Crippen LogP contribution in [0.15, 0.2) is 35.9 Å². The van der Waals surface area contributed by atoms with Crippen molar-refractivity contribution in [2.24, 2.45) is 0 Å². The first-order valence-electron chi connectivity index (χ1n) is 12.0. The van der Waals surface area contributed by atoms with E-state index in [-0.39, 0.29) is 36.1 Å². The number of nitrogens with zero attached hydrogens (tertiary/aromatic N) is 3. The van der Waals surface area contributed by atoms with Crippen molar-refractivity contribution in [3.05, 3.63) is 55.8 Å². The highest BCUT2D eigenvalue weighted by Gasteiger charge is 2.35. The number of halogens is 2. The van der Waals surface area contributed by atoms with E-state index in [1.807, 2.05) is 0 Å². The van der Waals surface area contributed by atoms with Crippen LogP contribution in [0.1, 0.15) is 40.9 Å². The largest absolute Gasteiger partial charge is 0.350 e. The average molecular weight is 601 g/mol. The Hall–Kier alpha value is -2.51. The lowest BCUT2D eigenvalue weighted by atomic mass is 10.1. The van der Waals surface area contributed by atoms with E-state index < -0.39 is 22.0 Å². The van der Waals surface area contributed by atoms with Crippen LogP contribution in [0.2, 0.25) is 9.49 Å². The van der Waals surface area contributed by atoms with Crippen molar-refractivity contribution in [1.82, 2.24) is 24.8 Å². The lowest BCUT2D eigenvalue weighted by Crippen LogP contribution is -2.55. The molecule has 2 aliphatic heterocycles. The maximum Gasteiger partial charge on any atom is 0.251 e. The molecule has 0 bridgehead atoms. The summed E-state index contributed by atoms with van der Waals surface area (Å²) >= 11 is 13.0. The van der Waals surface area contributed by atoms with Crippen LogP contribution in [0.3, 0.4) is 0 Å². The fourth-order valence-corrected chi connectivity index (χ4v) is 6.75. The number of aromatic nitrogens is 1. The van der Waals surface area contributed by atoms with Crippen molar-refractivity contribution in [2.75, 3.05) is 26.2 Å². The Kier molecular flexibility index (Phi) is 9.42. The highest BCUT2D eigenvalue weighted by molar-refractivity contribution is 7.92. The number of pyridine rings is 1. The smallest absolute Gasteiger partial charge is 0.251 e. The SMILES string of the molecule is O=C(NCC1CCCN1C(=O)CN1CCCC(NS(=O)(=O)/C=C/c2ccc(Cl)s2)C1=O)c1ccnc(Cl)c1. The molecule has 0 aromatic carbocycles. The third-order valence-corrected chi connectivity index (χ3v) is 8.86. The molecule has 38 heavy (non-hydrogen) atoms. The molecule has 0 radical (unpaired) electrons. The molecule has 2 saturated heterocycles. The van der Waals surface area contributed by atoms with Crippen molar-refractivity contribution in [2.45, 2.75) is 37.8 Å². The minimum absolute atomic E-state index is 0.148. The van der Waals surface area contributed by atoms with Gasteiger partial charge in [0.05, 0.1) is 10.9 Å². The third kappa shape index (κ3) is 7.54. The Labute approximate surface area is 235 Å². The van der Waals surface area contributed by atoms with Gasteiger partial charge < -0.3 is 15.1 Å². The predicted molar refractivity (Wildman–Crippen MR) is 146 cm³/mol. The first-order chi connectivity index (χ1) is 18.1. The lowest BCUT2D eigenvalue weighted by molar-refractivity contribution is -0.143. The number of rotatable bonds is 9. The molecular formula is C24H27Cl2N5O5S2. The molecule has 4 rings (SSSR count). The molecule has 2 unspecified atom stereocenters. The van der Waals surface area contributed by atoms with Crippen LogP contribution < -0.4 is 10.0 Å². The Morgan fingerprint density at radius 1 is 1.16 bits per heavy atom. The summed E-state index contributed by atoms with van der Waals surface area (Å²) in [5.74, 6) is -0.981. The van der Waals surface area contributed by atoms with E-state index in [9.17, 15) is 22.8 Å². The van der Waals surface area contributed by atoms with Crippen LogP contribution in [0.5, 0.6) is 0 Å². The molecular weight excluding hydrogens is 573 g/mol. The molecule has 2 N–H and O–H groups in total. The molecule has 14 heteroatoms. The Morgan fingerprint density at radius 2 is 1.95 bits per heavy atom. The minimum atomic E-state index is -3.88. The van der Waals surface area contributed by atoms with E-state index in [2.05, 4.69) is 15.0 Å². The van der Waals surface area contributed by atoms with Gasteiger partial charge in [-0.05, 0) is 56.0 Å². The molecule has 0 aliphatic carbocycles. The number of hydrogen-bond donors (Lipinski definition) is 2. The molecule has 2 aliphatic rings. The van der Waals surface area contributed by atoms with Crippen LogP contribution in [-0.2, 0) is 19.6 Å². The molecule has 2 fully saturated rings. The van der Waals surface area contributed by atoms with Crippen molar-refractivity contribution in [1.29, 1.82) is 0 Å². The van der Waals surface area contributed by atoms with Crippen LogP contribution in [0, 0.1) is 0 Å². The molecule has 204 valence electrons. The van der Waals surface area contributed by atoms with Gasteiger partial charge in [-0.15, -0.1) is 11.3 Å². The van der Waals surface area contributed by atoms with E-state index >= 15 is 0 Å². The number of thiophene rings is 1. The molecule has 2 aromatic heterocycles. The molecule has 2 aromatic rings. The maximum absolute atomic E-state index is 13.1. The third-order valence-electron chi connectivity index (χ3n) is 6.35. The van der Waals surface area contributed by atoms with Gasteiger partial charge in [0.2, 0.25) is 21.8 Å². The molecule has 4 heterocycles. The summed E-state index contributed by atoms with van der Waals surface area (Å²) in [5, 5.41) is 4.06. The van der Waals surface area contributed by atoms with Gasteiger partial charge in [0.1, 0.15) is 11.2 Å². The Bertz CT molecular complexity index is 1330. The Balaban J connectivity index is 1.31. The van der Waals surface area contributed by atoms with Gasteiger partial charge in [-0.1, -0.05) is 23.2 Å².